The molecule has 3 N–H and O–H groups in total. The molecule has 0 radical (unpaired) electrons. The molecule has 1 amide bonds. The van der Waals surface area contributed by atoms with Crippen molar-refractivity contribution >= 4 is 17.6 Å². The van der Waals surface area contributed by atoms with E-state index in [0.717, 1.165) is 11.1 Å². The van der Waals surface area contributed by atoms with Gasteiger partial charge in [0.15, 0.2) is 5.69 Å². The average Bonchev–Trinajstić information content (AvgIpc) is 3.27. The molecule has 0 atom stereocenters. The fourth-order valence-corrected chi connectivity index (χ4v) is 3.18. The van der Waals surface area contributed by atoms with E-state index in [9.17, 15) is 14.7 Å². The Labute approximate surface area is 178 Å². The van der Waals surface area contributed by atoms with Crippen molar-refractivity contribution in [1.82, 2.24) is 9.78 Å². The van der Waals surface area contributed by atoms with E-state index in [2.05, 4.69) is 10.4 Å². The molecule has 4 aromatic rings. The van der Waals surface area contributed by atoms with Crippen molar-refractivity contribution in [2.45, 2.75) is 6.42 Å². The van der Waals surface area contributed by atoms with Crippen LogP contribution >= 0.6 is 0 Å². The molecule has 1 aromatic heterocycles. The minimum atomic E-state index is -1.10. The Kier molecular flexibility index (Phi) is 5.49. The number of nitrogens with zero attached hydrogens (tertiary/aromatic N) is 2. The van der Waals surface area contributed by atoms with E-state index < -0.39 is 11.9 Å². The first-order chi connectivity index (χ1) is 15.0. The van der Waals surface area contributed by atoms with E-state index in [4.69, 9.17) is 5.11 Å². The van der Waals surface area contributed by atoms with Crippen LogP contribution in [0.4, 0.5) is 5.69 Å². The first kappa shape index (κ1) is 19.9. The predicted octanol–water partition coefficient (Wildman–Crippen LogP) is 4.12. The van der Waals surface area contributed by atoms with Gasteiger partial charge in [0.25, 0.3) is 5.91 Å². The molecule has 0 aliphatic rings. The van der Waals surface area contributed by atoms with E-state index in [1.807, 2.05) is 30.3 Å². The Bertz CT molecular complexity index is 1230. The third-order valence-electron chi connectivity index (χ3n) is 4.75. The quantitative estimate of drug-likeness (QED) is 0.441. The van der Waals surface area contributed by atoms with Gasteiger partial charge >= 0.3 is 5.97 Å². The molecule has 0 bridgehead atoms. The van der Waals surface area contributed by atoms with Crippen molar-refractivity contribution in [2.24, 2.45) is 0 Å². The van der Waals surface area contributed by atoms with E-state index in [1.54, 1.807) is 42.6 Å². The van der Waals surface area contributed by atoms with E-state index in [1.165, 1.54) is 16.8 Å². The highest BCUT2D eigenvalue weighted by molar-refractivity contribution is 6.06. The zero-order valence-corrected chi connectivity index (χ0v) is 16.4. The summed E-state index contributed by atoms with van der Waals surface area (Å²) in [6, 6.07) is 23.1. The van der Waals surface area contributed by atoms with Crippen LogP contribution in [0.5, 0.6) is 5.75 Å². The number of carbonyl (C=O) groups excluding carboxylic acids is 1. The summed E-state index contributed by atoms with van der Waals surface area (Å²) in [5, 5.41) is 25.9. The molecule has 31 heavy (non-hydrogen) atoms. The molecule has 0 spiro atoms. The highest BCUT2D eigenvalue weighted by Gasteiger charge is 2.13. The van der Waals surface area contributed by atoms with Gasteiger partial charge in [-0.3, -0.25) is 4.79 Å². The summed E-state index contributed by atoms with van der Waals surface area (Å²) in [4.78, 5) is 23.7. The van der Waals surface area contributed by atoms with Gasteiger partial charge in [-0.15, -0.1) is 0 Å². The van der Waals surface area contributed by atoms with Gasteiger partial charge in [0.1, 0.15) is 5.75 Å². The Morgan fingerprint density at radius 1 is 0.903 bits per heavy atom. The molecule has 0 aliphatic heterocycles. The van der Waals surface area contributed by atoms with E-state index in [-0.39, 0.29) is 17.0 Å². The Morgan fingerprint density at radius 3 is 2.32 bits per heavy atom. The molecular formula is C24H19N3O4. The van der Waals surface area contributed by atoms with Gasteiger partial charge in [-0.2, -0.15) is 5.10 Å². The number of nitrogens with one attached hydrogen (secondary N) is 1. The molecule has 0 saturated heterocycles. The van der Waals surface area contributed by atoms with Crippen LogP contribution in [-0.4, -0.2) is 31.9 Å². The van der Waals surface area contributed by atoms with Crippen molar-refractivity contribution in [3.63, 3.8) is 0 Å². The Morgan fingerprint density at radius 2 is 1.65 bits per heavy atom. The Balaban J connectivity index is 1.48. The molecule has 0 unspecified atom stereocenters. The third kappa shape index (κ3) is 4.62. The molecule has 0 aliphatic carbocycles. The lowest BCUT2D eigenvalue weighted by Gasteiger charge is -2.10. The number of hydrogen-bond acceptors (Lipinski definition) is 4. The van der Waals surface area contributed by atoms with Gasteiger partial charge in [0.2, 0.25) is 0 Å². The van der Waals surface area contributed by atoms with Crippen molar-refractivity contribution < 1.29 is 19.8 Å². The van der Waals surface area contributed by atoms with Crippen LogP contribution < -0.4 is 5.32 Å². The molecule has 0 fully saturated rings. The monoisotopic (exact) mass is 413 g/mol. The number of phenols is 1. The topological polar surface area (TPSA) is 104 Å². The normalized spacial score (nSPS) is 10.6. The maximum absolute atomic E-state index is 12.7. The molecule has 7 nitrogen and oxygen atoms in total. The van der Waals surface area contributed by atoms with Crippen LogP contribution in [0.3, 0.4) is 0 Å². The lowest BCUT2D eigenvalue weighted by atomic mass is 10.0. The summed E-state index contributed by atoms with van der Waals surface area (Å²) >= 11 is 0. The number of benzene rings is 3. The van der Waals surface area contributed by atoms with Gasteiger partial charge in [-0.25, -0.2) is 9.48 Å². The van der Waals surface area contributed by atoms with Gasteiger partial charge in [0.05, 0.1) is 11.3 Å². The number of amides is 1. The summed E-state index contributed by atoms with van der Waals surface area (Å²) in [6.45, 7) is 0. The van der Waals surface area contributed by atoms with E-state index >= 15 is 0 Å². The first-order valence-electron chi connectivity index (χ1n) is 9.56. The smallest absolute Gasteiger partial charge is 0.356 e. The highest BCUT2D eigenvalue weighted by atomic mass is 16.4. The fraction of sp³-hybridized carbons (Fsp3) is 0.0417. The number of carbonyl (C=O) groups is 2. The molecule has 154 valence electrons. The largest absolute Gasteiger partial charge is 0.507 e. The number of aromatic carboxylic acids is 1. The van der Waals surface area contributed by atoms with Crippen LogP contribution in [0.15, 0.2) is 85.1 Å². The maximum Gasteiger partial charge on any atom is 0.356 e. The van der Waals surface area contributed by atoms with Gasteiger partial charge in [0, 0.05) is 11.9 Å². The number of carboxylic acids is 1. The summed E-state index contributed by atoms with van der Waals surface area (Å²) in [5.41, 5.74) is 3.35. The van der Waals surface area contributed by atoms with Crippen LogP contribution in [0.25, 0.3) is 5.69 Å². The second-order valence-electron chi connectivity index (χ2n) is 6.97. The van der Waals surface area contributed by atoms with Crippen LogP contribution in [0.1, 0.15) is 32.0 Å². The molecule has 4 rings (SSSR count). The number of rotatable bonds is 6. The number of carboxylic acid groups (broad SMARTS) is 1. The van der Waals surface area contributed by atoms with Crippen LogP contribution in [0.2, 0.25) is 0 Å². The number of anilines is 1. The summed E-state index contributed by atoms with van der Waals surface area (Å²) in [6.07, 6.45) is 2.20. The lowest BCUT2D eigenvalue weighted by molar-refractivity contribution is 0.0689. The second-order valence-corrected chi connectivity index (χ2v) is 6.97. The molecule has 3 aromatic carbocycles. The lowest BCUT2D eigenvalue weighted by Crippen LogP contribution is -2.12. The van der Waals surface area contributed by atoms with E-state index in [0.29, 0.717) is 17.8 Å². The minimum absolute atomic E-state index is 0.0526. The number of hydrogen-bond donors (Lipinski definition) is 3. The minimum Gasteiger partial charge on any atom is -0.507 e. The summed E-state index contributed by atoms with van der Waals surface area (Å²) in [7, 11) is 0. The second kappa shape index (κ2) is 8.54. The summed E-state index contributed by atoms with van der Waals surface area (Å²) in [5.74, 6) is -1.62. The standard InChI is InChI=1S/C24H19N3O4/c28-22-11-6-17(14-16-4-2-1-3-5-16)15-20(22)23(29)25-18-7-9-19(10-8-18)27-13-12-21(26-27)24(30)31/h1-13,15,28H,14H2,(H,25,29)(H,30,31). The van der Waals surface area contributed by atoms with Crippen molar-refractivity contribution in [3.05, 3.63) is 107 Å². The van der Waals surface area contributed by atoms with Gasteiger partial charge in [-0.05, 0) is 60.0 Å². The van der Waals surface area contributed by atoms with Crippen LogP contribution in [-0.2, 0) is 6.42 Å². The number of phenolic OH excluding ortho intramolecular Hbond substituents is 1. The zero-order valence-electron chi connectivity index (χ0n) is 16.4. The first-order valence-corrected chi connectivity index (χ1v) is 9.56. The number of aromatic hydroxyl groups is 1. The molecule has 7 heteroatoms. The van der Waals surface area contributed by atoms with Crippen molar-refractivity contribution in [1.29, 1.82) is 0 Å². The molecule has 1 heterocycles. The third-order valence-corrected chi connectivity index (χ3v) is 4.75. The fourth-order valence-electron chi connectivity index (χ4n) is 3.18. The molecule has 0 saturated carbocycles. The van der Waals surface area contributed by atoms with Crippen molar-refractivity contribution in [3.8, 4) is 11.4 Å². The summed E-state index contributed by atoms with van der Waals surface area (Å²) < 4.78 is 1.44. The SMILES string of the molecule is O=C(O)c1ccn(-c2ccc(NC(=O)c3cc(Cc4ccccc4)ccc3O)cc2)n1. The zero-order chi connectivity index (χ0) is 21.8. The Hall–Kier alpha value is -4.39. The van der Waals surface area contributed by atoms with Gasteiger partial charge < -0.3 is 15.5 Å². The predicted molar refractivity (Wildman–Crippen MR) is 116 cm³/mol. The highest BCUT2D eigenvalue weighted by Crippen LogP contribution is 2.22. The van der Waals surface area contributed by atoms with Crippen LogP contribution in [0, 0.1) is 0 Å². The maximum atomic E-state index is 12.7. The average molecular weight is 413 g/mol. The number of aromatic nitrogens is 2. The van der Waals surface area contributed by atoms with Crippen molar-refractivity contribution in [2.75, 3.05) is 5.32 Å². The molecular weight excluding hydrogens is 394 g/mol. The van der Waals surface area contributed by atoms with Gasteiger partial charge in [-0.1, -0.05) is 36.4 Å².